The van der Waals surface area contributed by atoms with Gasteiger partial charge in [0.05, 0.1) is 5.69 Å². The number of benzene rings is 1. The number of hydrogen-bond acceptors (Lipinski definition) is 4. The normalized spacial score (nSPS) is 10.1. The van der Waals surface area contributed by atoms with E-state index in [-0.39, 0.29) is 0 Å². The van der Waals surface area contributed by atoms with Gasteiger partial charge in [0.25, 0.3) is 0 Å². The molecule has 0 saturated carbocycles. The predicted molar refractivity (Wildman–Crippen MR) is 67.8 cm³/mol. The third kappa shape index (κ3) is 2.35. The molecule has 82 valence electrons. The third-order valence-corrected chi connectivity index (χ3v) is 2.33. The summed E-state index contributed by atoms with van der Waals surface area (Å²) < 4.78 is 0. The minimum atomic E-state index is 0.318. The lowest BCUT2D eigenvalue weighted by Crippen LogP contribution is -2.00. The first-order valence-electron chi connectivity index (χ1n) is 4.70. The Balaban J connectivity index is 2.20. The summed E-state index contributed by atoms with van der Waals surface area (Å²) in [7, 11) is 0. The second-order valence-electron chi connectivity index (χ2n) is 3.30. The molecule has 0 aliphatic rings. The summed E-state index contributed by atoms with van der Waals surface area (Å²) in [5, 5.41) is 3.78. The van der Waals surface area contributed by atoms with Gasteiger partial charge in [-0.3, -0.25) is 0 Å². The molecule has 0 radical (unpaired) electrons. The van der Waals surface area contributed by atoms with Gasteiger partial charge in [-0.05, 0) is 36.4 Å². The van der Waals surface area contributed by atoms with Crippen molar-refractivity contribution in [3.05, 3.63) is 41.4 Å². The smallest absolute Gasteiger partial charge is 0.149 e. The minimum Gasteiger partial charge on any atom is -0.396 e. The van der Waals surface area contributed by atoms with Crippen molar-refractivity contribution >= 4 is 34.6 Å². The van der Waals surface area contributed by atoms with E-state index in [1.807, 2.05) is 12.1 Å². The second-order valence-corrected chi connectivity index (χ2v) is 3.74. The Labute approximate surface area is 98.2 Å². The molecule has 4 nitrogen and oxygen atoms in total. The van der Waals surface area contributed by atoms with Gasteiger partial charge in [-0.25, -0.2) is 4.98 Å². The molecule has 0 atom stereocenters. The van der Waals surface area contributed by atoms with Crippen molar-refractivity contribution in [2.45, 2.75) is 0 Å². The molecular formula is C11H11ClN4. The molecule has 5 heteroatoms. The van der Waals surface area contributed by atoms with Gasteiger partial charge in [-0.1, -0.05) is 11.6 Å². The highest BCUT2D eigenvalue weighted by Crippen LogP contribution is 2.20. The van der Waals surface area contributed by atoms with E-state index in [0.29, 0.717) is 22.3 Å². The molecule has 0 aliphatic carbocycles. The van der Waals surface area contributed by atoms with Crippen LogP contribution in [0.15, 0.2) is 36.4 Å². The summed E-state index contributed by atoms with van der Waals surface area (Å²) in [4.78, 5) is 4.10. The summed E-state index contributed by atoms with van der Waals surface area (Å²) in [6, 6.07) is 10.8. The third-order valence-electron chi connectivity index (χ3n) is 2.07. The van der Waals surface area contributed by atoms with Crippen LogP contribution in [0.1, 0.15) is 0 Å². The van der Waals surface area contributed by atoms with Crippen LogP contribution in [0, 0.1) is 0 Å². The molecule has 1 aromatic heterocycles. The number of anilines is 4. The van der Waals surface area contributed by atoms with Crippen molar-refractivity contribution in [2.75, 3.05) is 16.8 Å². The van der Waals surface area contributed by atoms with Crippen molar-refractivity contribution in [1.82, 2.24) is 4.98 Å². The van der Waals surface area contributed by atoms with Gasteiger partial charge in [0.15, 0.2) is 0 Å². The lowest BCUT2D eigenvalue weighted by Gasteiger charge is -2.07. The van der Waals surface area contributed by atoms with Crippen LogP contribution in [0.4, 0.5) is 23.0 Å². The van der Waals surface area contributed by atoms with Gasteiger partial charge < -0.3 is 16.8 Å². The standard InChI is InChI=1S/C11H11ClN4/c12-7-1-3-8(4-2-7)15-10-6-5-9(13)11(14)16-10/h1-6H,13H2,(H3,14,15,16). The van der Waals surface area contributed by atoms with Crippen molar-refractivity contribution in [1.29, 1.82) is 0 Å². The Morgan fingerprint density at radius 3 is 2.31 bits per heavy atom. The highest BCUT2D eigenvalue weighted by Gasteiger charge is 1.99. The first kappa shape index (κ1) is 10.6. The molecule has 0 aliphatic heterocycles. The molecule has 16 heavy (non-hydrogen) atoms. The van der Waals surface area contributed by atoms with E-state index in [0.717, 1.165) is 5.69 Å². The number of rotatable bonds is 2. The molecule has 0 unspecified atom stereocenters. The number of hydrogen-bond donors (Lipinski definition) is 3. The SMILES string of the molecule is Nc1ccc(Nc2ccc(Cl)cc2)nc1N. The Morgan fingerprint density at radius 2 is 1.69 bits per heavy atom. The van der Waals surface area contributed by atoms with Crippen LogP contribution in [-0.2, 0) is 0 Å². The maximum atomic E-state index is 5.78. The van der Waals surface area contributed by atoms with E-state index in [4.69, 9.17) is 23.1 Å². The quantitative estimate of drug-likeness (QED) is 0.747. The van der Waals surface area contributed by atoms with Crippen molar-refractivity contribution in [2.24, 2.45) is 0 Å². The van der Waals surface area contributed by atoms with Crippen LogP contribution in [0.2, 0.25) is 5.02 Å². The molecule has 0 bridgehead atoms. The Bertz CT molecular complexity index is 496. The number of nitrogens with two attached hydrogens (primary N) is 2. The molecule has 0 amide bonds. The maximum absolute atomic E-state index is 5.78. The van der Waals surface area contributed by atoms with E-state index in [1.54, 1.807) is 24.3 Å². The van der Waals surface area contributed by atoms with Gasteiger partial charge in [0, 0.05) is 10.7 Å². The van der Waals surface area contributed by atoms with E-state index in [1.165, 1.54) is 0 Å². The second kappa shape index (κ2) is 4.28. The van der Waals surface area contributed by atoms with Crippen LogP contribution in [-0.4, -0.2) is 4.98 Å². The zero-order valence-electron chi connectivity index (χ0n) is 8.44. The van der Waals surface area contributed by atoms with E-state index in [2.05, 4.69) is 10.3 Å². The fraction of sp³-hybridized carbons (Fsp3) is 0. The molecular weight excluding hydrogens is 224 g/mol. The van der Waals surface area contributed by atoms with E-state index in [9.17, 15) is 0 Å². The molecule has 0 saturated heterocycles. The Morgan fingerprint density at radius 1 is 1.00 bits per heavy atom. The highest BCUT2D eigenvalue weighted by molar-refractivity contribution is 6.30. The first-order valence-corrected chi connectivity index (χ1v) is 5.07. The monoisotopic (exact) mass is 234 g/mol. The summed E-state index contributed by atoms with van der Waals surface area (Å²) in [6.45, 7) is 0. The molecule has 2 aromatic rings. The van der Waals surface area contributed by atoms with Crippen molar-refractivity contribution < 1.29 is 0 Å². The lowest BCUT2D eigenvalue weighted by atomic mass is 10.3. The van der Waals surface area contributed by atoms with Gasteiger partial charge in [-0.2, -0.15) is 0 Å². The van der Waals surface area contributed by atoms with E-state index < -0.39 is 0 Å². The number of nitrogen functional groups attached to an aromatic ring is 2. The molecule has 1 aromatic carbocycles. The van der Waals surface area contributed by atoms with Crippen molar-refractivity contribution in [3.63, 3.8) is 0 Å². The van der Waals surface area contributed by atoms with Crippen LogP contribution >= 0.6 is 11.6 Å². The number of aromatic nitrogens is 1. The molecule has 2 rings (SSSR count). The Kier molecular flexibility index (Phi) is 2.83. The number of halogens is 1. The van der Waals surface area contributed by atoms with Crippen molar-refractivity contribution in [3.8, 4) is 0 Å². The van der Waals surface area contributed by atoms with Gasteiger partial charge in [-0.15, -0.1) is 0 Å². The Hall–Kier alpha value is -1.94. The molecule has 5 N–H and O–H groups in total. The maximum Gasteiger partial charge on any atom is 0.149 e. The van der Waals surface area contributed by atoms with Crippen LogP contribution < -0.4 is 16.8 Å². The molecule has 0 fully saturated rings. The average molecular weight is 235 g/mol. The molecule has 0 spiro atoms. The average Bonchev–Trinajstić information content (AvgIpc) is 2.27. The van der Waals surface area contributed by atoms with Crippen LogP contribution in [0.5, 0.6) is 0 Å². The number of nitrogens with one attached hydrogen (secondary N) is 1. The zero-order valence-corrected chi connectivity index (χ0v) is 9.20. The van der Waals surface area contributed by atoms with Gasteiger partial charge >= 0.3 is 0 Å². The first-order chi connectivity index (χ1) is 7.65. The summed E-state index contributed by atoms with van der Waals surface area (Å²) in [5.74, 6) is 0.966. The lowest BCUT2D eigenvalue weighted by molar-refractivity contribution is 1.32. The predicted octanol–water partition coefficient (Wildman–Crippen LogP) is 2.64. The fourth-order valence-corrected chi connectivity index (χ4v) is 1.36. The van der Waals surface area contributed by atoms with Crippen LogP contribution in [0.3, 0.4) is 0 Å². The highest BCUT2D eigenvalue weighted by atomic mass is 35.5. The summed E-state index contributed by atoms with van der Waals surface area (Å²) in [5.41, 5.74) is 12.5. The minimum absolute atomic E-state index is 0.318. The molecule has 1 heterocycles. The summed E-state index contributed by atoms with van der Waals surface area (Å²) >= 11 is 5.78. The summed E-state index contributed by atoms with van der Waals surface area (Å²) in [6.07, 6.45) is 0. The van der Waals surface area contributed by atoms with Crippen LogP contribution in [0.25, 0.3) is 0 Å². The fourth-order valence-electron chi connectivity index (χ4n) is 1.24. The number of nitrogens with zero attached hydrogens (tertiary/aromatic N) is 1. The topological polar surface area (TPSA) is 77.0 Å². The van der Waals surface area contributed by atoms with Gasteiger partial charge in [0.1, 0.15) is 11.6 Å². The largest absolute Gasteiger partial charge is 0.396 e. The number of pyridine rings is 1. The zero-order chi connectivity index (χ0) is 11.5. The van der Waals surface area contributed by atoms with Gasteiger partial charge in [0.2, 0.25) is 0 Å². The van der Waals surface area contributed by atoms with E-state index >= 15 is 0 Å².